The molecular weight excluding hydrogens is 214 g/mol. The van der Waals surface area contributed by atoms with Crippen molar-refractivity contribution < 1.29 is 13.6 Å². The smallest absolute Gasteiger partial charge is 0.224 e. The molecule has 0 aliphatic carbocycles. The third-order valence-electron chi connectivity index (χ3n) is 2.10. The molecule has 88 valence electrons. The van der Waals surface area contributed by atoms with Gasteiger partial charge in [0.2, 0.25) is 5.91 Å². The second-order valence-corrected chi connectivity index (χ2v) is 3.33. The molecule has 0 saturated carbocycles. The Kier molecular flexibility index (Phi) is 4.85. The maximum Gasteiger partial charge on any atom is 0.224 e. The summed E-state index contributed by atoms with van der Waals surface area (Å²) in [6.07, 6.45) is -0.276. The summed E-state index contributed by atoms with van der Waals surface area (Å²) in [4.78, 5) is 11.3. The molecule has 0 fully saturated rings. The molecule has 0 aliphatic rings. The third-order valence-corrected chi connectivity index (χ3v) is 2.10. The number of benzene rings is 1. The molecule has 0 atom stereocenters. The van der Waals surface area contributed by atoms with Gasteiger partial charge in [-0.3, -0.25) is 4.79 Å². The molecular formula is C11H14F2N2O. The van der Waals surface area contributed by atoms with Gasteiger partial charge in [-0.25, -0.2) is 8.78 Å². The number of hydrogen-bond acceptors (Lipinski definition) is 2. The molecule has 0 radical (unpaired) electrons. The lowest BCUT2D eigenvalue weighted by atomic mass is 10.1. The molecule has 1 rings (SSSR count). The van der Waals surface area contributed by atoms with Gasteiger partial charge in [0.1, 0.15) is 11.6 Å². The Balaban J connectivity index is 2.56. The van der Waals surface area contributed by atoms with Gasteiger partial charge in [-0.1, -0.05) is 6.07 Å². The summed E-state index contributed by atoms with van der Waals surface area (Å²) in [6.45, 7) is 1.05. The Bertz CT molecular complexity index is 349. The van der Waals surface area contributed by atoms with Crippen LogP contribution in [0.3, 0.4) is 0 Å². The number of hydrogen-bond donors (Lipinski definition) is 2. The van der Waals surface area contributed by atoms with Gasteiger partial charge in [0.25, 0.3) is 0 Å². The fourth-order valence-corrected chi connectivity index (χ4v) is 1.25. The predicted octanol–water partition coefficient (Wildman–Crippen LogP) is 0.843. The topological polar surface area (TPSA) is 41.1 Å². The molecule has 0 heterocycles. The van der Waals surface area contributed by atoms with Gasteiger partial charge < -0.3 is 10.6 Å². The first-order valence-electron chi connectivity index (χ1n) is 4.99. The molecule has 1 aromatic carbocycles. The molecule has 5 heteroatoms. The van der Waals surface area contributed by atoms with E-state index in [1.807, 2.05) is 0 Å². The second kappa shape index (κ2) is 6.17. The fourth-order valence-electron chi connectivity index (χ4n) is 1.25. The lowest BCUT2D eigenvalue weighted by Gasteiger charge is -2.06. The van der Waals surface area contributed by atoms with Crippen molar-refractivity contribution in [3.8, 4) is 0 Å². The van der Waals surface area contributed by atoms with Gasteiger partial charge in [0.05, 0.1) is 6.42 Å². The largest absolute Gasteiger partial charge is 0.355 e. The van der Waals surface area contributed by atoms with Crippen LogP contribution in [0.1, 0.15) is 5.56 Å². The molecule has 0 saturated heterocycles. The molecule has 0 spiro atoms. The number of carbonyl (C=O) groups is 1. The Morgan fingerprint density at radius 2 is 1.88 bits per heavy atom. The molecule has 1 aromatic rings. The van der Waals surface area contributed by atoms with Gasteiger partial charge >= 0.3 is 0 Å². The molecule has 0 unspecified atom stereocenters. The van der Waals surface area contributed by atoms with E-state index in [0.717, 1.165) is 12.1 Å². The van der Waals surface area contributed by atoms with Crippen molar-refractivity contribution in [2.24, 2.45) is 0 Å². The van der Waals surface area contributed by atoms with Crippen molar-refractivity contribution in [3.63, 3.8) is 0 Å². The predicted molar refractivity (Wildman–Crippen MR) is 57.0 cm³/mol. The van der Waals surface area contributed by atoms with Crippen molar-refractivity contribution in [2.45, 2.75) is 6.42 Å². The van der Waals surface area contributed by atoms with Gasteiger partial charge in [0.15, 0.2) is 0 Å². The molecule has 3 nitrogen and oxygen atoms in total. The van der Waals surface area contributed by atoms with Crippen LogP contribution in [0.4, 0.5) is 8.78 Å². The Morgan fingerprint density at radius 3 is 2.44 bits per heavy atom. The Hall–Kier alpha value is -1.49. The van der Waals surface area contributed by atoms with Crippen LogP contribution < -0.4 is 10.6 Å². The summed E-state index contributed by atoms with van der Waals surface area (Å²) in [5.74, 6) is -1.77. The molecule has 0 bridgehead atoms. The minimum atomic E-state index is -0.691. The van der Waals surface area contributed by atoms with E-state index in [2.05, 4.69) is 10.6 Å². The Labute approximate surface area is 92.8 Å². The molecule has 16 heavy (non-hydrogen) atoms. The van der Waals surface area contributed by atoms with Gasteiger partial charge in [0, 0.05) is 18.7 Å². The standard InChI is InChI=1S/C11H14F2N2O/c1-14-5-6-15-11(16)7-8-9(12)3-2-4-10(8)13/h2-4,14H,5-7H2,1H3,(H,15,16). The van der Waals surface area contributed by atoms with Crippen LogP contribution in [0, 0.1) is 11.6 Å². The van der Waals surface area contributed by atoms with E-state index in [1.54, 1.807) is 7.05 Å². The third kappa shape index (κ3) is 3.58. The minimum Gasteiger partial charge on any atom is -0.355 e. The summed E-state index contributed by atoms with van der Waals surface area (Å²) >= 11 is 0. The average molecular weight is 228 g/mol. The second-order valence-electron chi connectivity index (χ2n) is 3.33. The monoisotopic (exact) mass is 228 g/mol. The van der Waals surface area contributed by atoms with Crippen molar-refractivity contribution in [3.05, 3.63) is 35.4 Å². The zero-order valence-corrected chi connectivity index (χ0v) is 9.02. The highest BCUT2D eigenvalue weighted by Crippen LogP contribution is 2.12. The molecule has 0 aliphatic heterocycles. The van der Waals surface area contributed by atoms with Crippen LogP contribution in [0.25, 0.3) is 0 Å². The van der Waals surface area contributed by atoms with E-state index in [-0.39, 0.29) is 17.9 Å². The highest BCUT2D eigenvalue weighted by Gasteiger charge is 2.12. The van der Waals surface area contributed by atoms with Gasteiger partial charge in [-0.05, 0) is 19.2 Å². The van der Waals surface area contributed by atoms with Crippen LogP contribution in [0.15, 0.2) is 18.2 Å². The first kappa shape index (κ1) is 12.6. The van der Waals surface area contributed by atoms with E-state index >= 15 is 0 Å². The van der Waals surface area contributed by atoms with Gasteiger partial charge in [-0.15, -0.1) is 0 Å². The number of rotatable bonds is 5. The summed E-state index contributed by atoms with van der Waals surface area (Å²) in [7, 11) is 1.75. The average Bonchev–Trinajstić information content (AvgIpc) is 2.24. The number of nitrogens with one attached hydrogen (secondary N) is 2. The van der Waals surface area contributed by atoms with Crippen LogP contribution in [-0.4, -0.2) is 26.0 Å². The van der Waals surface area contributed by atoms with E-state index in [0.29, 0.717) is 13.1 Å². The van der Waals surface area contributed by atoms with Crippen LogP contribution >= 0.6 is 0 Å². The lowest BCUT2D eigenvalue weighted by molar-refractivity contribution is -0.120. The maximum absolute atomic E-state index is 13.2. The zero-order valence-electron chi connectivity index (χ0n) is 9.02. The highest BCUT2D eigenvalue weighted by atomic mass is 19.1. The summed E-state index contributed by atoms with van der Waals surface area (Å²) < 4.78 is 26.3. The number of halogens is 2. The molecule has 1 amide bonds. The lowest BCUT2D eigenvalue weighted by Crippen LogP contribution is -2.31. The molecule has 0 aromatic heterocycles. The summed E-state index contributed by atoms with van der Waals surface area (Å²) in [5, 5.41) is 5.40. The zero-order chi connectivity index (χ0) is 12.0. The van der Waals surface area contributed by atoms with E-state index in [4.69, 9.17) is 0 Å². The van der Waals surface area contributed by atoms with Crippen LogP contribution in [-0.2, 0) is 11.2 Å². The number of amides is 1. The fraction of sp³-hybridized carbons (Fsp3) is 0.364. The van der Waals surface area contributed by atoms with E-state index in [1.165, 1.54) is 6.07 Å². The number of carbonyl (C=O) groups excluding carboxylic acids is 1. The number of likely N-dealkylation sites (N-methyl/N-ethyl adjacent to an activating group) is 1. The van der Waals surface area contributed by atoms with E-state index in [9.17, 15) is 13.6 Å². The van der Waals surface area contributed by atoms with Crippen LogP contribution in [0.2, 0.25) is 0 Å². The SMILES string of the molecule is CNCCNC(=O)Cc1c(F)cccc1F. The van der Waals surface area contributed by atoms with Crippen molar-refractivity contribution in [1.82, 2.24) is 10.6 Å². The van der Waals surface area contributed by atoms with Crippen LogP contribution in [0.5, 0.6) is 0 Å². The highest BCUT2D eigenvalue weighted by molar-refractivity contribution is 5.78. The first-order chi connectivity index (χ1) is 7.65. The van der Waals surface area contributed by atoms with E-state index < -0.39 is 11.6 Å². The Morgan fingerprint density at radius 1 is 1.25 bits per heavy atom. The first-order valence-corrected chi connectivity index (χ1v) is 4.99. The van der Waals surface area contributed by atoms with Crippen molar-refractivity contribution in [1.29, 1.82) is 0 Å². The summed E-state index contributed by atoms with van der Waals surface area (Å²) in [5.41, 5.74) is -0.190. The van der Waals surface area contributed by atoms with Crippen molar-refractivity contribution >= 4 is 5.91 Å². The molecule has 2 N–H and O–H groups in total. The van der Waals surface area contributed by atoms with Crippen molar-refractivity contribution in [2.75, 3.05) is 20.1 Å². The normalized spacial score (nSPS) is 10.2. The summed E-state index contributed by atoms with van der Waals surface area (Å²) in [6, 6.07) is 3.55. The quantitative estimate of drug-likeness (QED) is 0.733. The minimum absolute atomic E-state index is 0.190. The maximum atomic E-state index is 13.2. The van der Waals surface area contributed by atoms with Gasteiger partial charge in [-0.2, -0.15) is 0 Å².